The number of hydrogen-bond acceptors (Lipinski definition) is 6. The van der Waals surface area contributed by atoms with E-state index in [1.54, 1.807) is 13.2 Å². The lowest BCUT2D eigenvalue weighted by Gasteiger charge is -2.29. The number of nitrogens with one attached hydrogen (secondary N) is 1. The second-order valence-corrected chi connectivity index (χ2v) is 8.43. The number of benzene rings is 1. The molecule has 0 bridgehead atoms. The molecule has 1 aromatic carbocycles. The zero-order valence-electron chi connectivity index (χ0n) is 17.7. The van der Waals surface area contributed by atoms with Crippen LogP contribution in [-0.2, 0) is 17.9 Å². The number of carbonyl (C=O) groups excluding carboxylic acids is 1. The van der Waals surface area contributed by atoms with Crippen LogP contribution in [0.5, 0.6) is 11.5 Å². The van der Waals surface area contributed by atoms with Gasteiger partial charge in [-0.05, 0) is 43.0 Å². The largest absolute Gasteiger partial charge is 0.497 e. The van der Waals surface area contributed by atoms with Gasteiger partial charge < -0.3 is 14.8 Å². The molecule has 30 heavy (non-hydrogen) atoms. The Morgan fingerprint density at radius 1 is 1.27 bits per heavy atom. The van der Waals surface area contributed by atoms with Crippen molar-refractivity contribution in [2.75, 3.05) is 12.9 Å². The first-order chi connectivity index (χ1) is 14.6. The minimum absolute atomic E-state index is 0.0444. The van der Waals surface area contributed by atoms with E-state index in [0.717, 1.165) is 17.9 Å². The van der Waals surface area contributed by atoms with E-state index in [4.69, 9.17) is 9.47 Å². The first-order valence-corrected chi connectivity index (χ1v) is 11.3. The molecule has 1 aliphatic rings. The van der Waals surface area contributed by atoms with Gasteiger partial charge in [-0.25, -0.2) is 0 Å². The van der Waals surface area contributed by atoms with E-state index in [9.17, 15) is 4.79 Å². The molecular weight excluding hydrogens is 400 g/mol. The Morgan fingerprint density at radius 3 is 2.70 bits per heavy atom. The molecule has 0 aliphatic heterocycles. The van der Waals surface area contributed by atoms with Gasteiger partial charge >= 0.3 is 0 Å². The fourth-order valence-electron chi connectivity index (χ4n) is 3.57. The Morgan fingerprint density at radius 2 is 2.00 bits per heavy atom. The Kier molecular flexibility index (Phi) is 8.19. The summed E-state index contributed by atoms with van der Waals surface area (Å²) < 4.78 is 12.9. The van der Waals surface area contributed by atoms with Crippen LogP contribution in [0.25, 0.3) is 0 Å². The van der Waals surface area contributed by atoms with Gasteiger partial charge in [0.05, 0.1) is 12.9 Å². The maximum atomic E-state index is 12.4. The van der Waals surface area contributed by atoms with Gasteiger partial charge in [-0.3, -0.25) is 9.36 Å². The van der Waals surface area contributed by atoms with E-state index in [1.807, 2.05) is 28.8 Å². The Bertz CT molecular complexity index is 837. The second-order valence-electron chi connectivity index (χ2n) is 7.49. The Labute approximate surface area is 182 Å². The van der Waals surface area contributed by atoms with E-state index < -0.39 is 0 Å². The van der Waals surface area contributed by atoms with Gasteiger partial charge in [-0.2, -0.15) is 0 Å². The monoisotopic (exact) mass is 430 g/mol. The summed E-state index contributed by atoms with van der Waals surface area (Å²) in [6.45, 7) is 6.86. The maximum Gasteiger partial charge on any atom is 0.230 e. The third-order valence-corrected chi connectivity index (χ3v) is 6.29. The summed E-state index contributed by atoms with van der Waals surface area (Å²) in [6, 6.07) is 7.66. The highest BCUT2D eigenvalue weighted by Crippen LogP contribution is 2.24. The normalized spacial score (nSPS) is 18.6. The molecule has 8 heteroatoms. The van der Waals surface area contributed by atoms with Crippen LogP contribution >= 0.6 is 11.8 Å². The molecule has 0 radical (unpaired) electrons. The highest BCUT2D eigenvalue weighted by molar-refractivity contribution is 7.99. The third-order valence-electron chi connectivity index (χ3n) is 5.32. The van der Waals surface area contributed by atoms with Crippen molar-refractivity contribution in [3.8, 4) is 11.5 Å². The van der Waals surface area contributed by atoms with Crippen molar-refractivity contribution in [1.29, 1.82) is 0 Å². The molecule has 1 heterocycles. The predicted molar refractivity (Wildman–Crippen MR) is 118 cm³/mol. The first-order valence-electron chi connectivity index (χ1n) is 10.3. The van der Waals surface area contributed by atoms with Gasteiger partial charge in [0.15, 0.2) is 11.0 Å². The number of methoxy groups -OCH3 is 1. The van der Waals surface area contributed by atoms with E-state index in [-0.39, 0.29) is 18.6 Å². The average molecular weight is 431 g/mol. The molecule has 1 fully saturated rings. The fraction of sp³-hybridized carbons (Fsp3) is 0.500. The first kappa shape index (κ1) is 22.2. The fourth-order valence-corrected chi connectivity index (χ4v) is 4.35. The summed E-state index contributed by atoms with van der Waals surface area (Å²) in [5.74, 6) is 3.09. The predicted octanol–water partition coefficient (Wildman–Crippen LogP) is 3.84. The van der Waals surface area contributed by atoms with Gasteiger partial charge in [0.1, 0.15) is 18.1 Å². The van der Waals surface area contributed by atoms with Crippen LogP contribution in [0.2, 0.25) is 0 Å². The zero-order valence-corrected chi connectivity index (χ0v) is 18.5. The van der Waals surface area contributed by atoms with Crippen LogP contribution in [0.3, 0.4) is 0 Å². The molecule has 1 aromatic heterocycles. The van der Waals surface area contributed by atoms with Gasteiger partial charge in [0.25, 0.3) is 0 Å². The molecule has 2 aromatic rings. The minimum atomic E-state index is 0.0444. The highest BCUT2D eigenvalue weighted by atomic mass is 32.2. The molecule has 2 atom stereocenters. The number of hydrogen-bond donors (Lipinski definition) is 1. The SMILES string of the molecule is C=CCn1c(COc2ccc(OC)cc2)nnc1SCC(=O)N[C@@H]1CCCC[C@H]1C. The van der Waals surface area contributed by atoms with Gasteiger partial charge in [-0.15, -0.1) is 16.8 Å². The number of carbonyl (C=O) groups is 1. The Hall–Kier alpha value is -2.48. The van der Waals surface area contributed by atoms with Crippen molar-refractivity contribution >= 4 is 17.7 Å². The van der Waals surface area contributed by atoms with Crippen molar-refractivity contribution in [3.63, 3.8) is 0 Å². The molecule has 1 aliphatic carbocycles. The average Bonchev–Trinajstić information content (AvgIpc) is 3.14. The molecule has 162 valence electrons. The summed E-state index contributed by atoms with van der Waals surface area (Å²) in [6.07, 6.45) is 6.48. The number of rotatable bonds is 10. The second kappa shape index (κ2) is 11.1. The van der Waals surface area contributed by atoms with Crippen molar-refractivity contribution in [2.45, 2.75) is 57.0 Å². The zero-order chi connectivity index (χ0) is 21.3. The summed E-state index contributed by atoms with van der Waals surface area (Å²) in [7, 11) is 1.63. The van der Waals surface area contributed by atoms with Crippen molar-refractivity contribution < 1.29 is 14.3 Å². The minimum Gasteiger partial charge on any atom is -0.497 e. The summed E-state index contributed by atoms with van der Waals surface area (Å²) in [5, 5.41) is 12.4. The smallest absolute Gasteiger partial charge is 0.230 e. The standard InChI is InChI=1S/C22H30N4O3S/c1-4-13-26-20(14-29-18-11-9-17(28-3)10-12-18)24-25-22(26)30-15-21(27)23-19-8-6-5-7-16(19)2/h4,9-12,16,19H,1,5-8,13-15H2,2-3H3,(H,23,27)/t16-,19-/m1/s1. The van der Waals surface area contributed by atoms with Crippen LogP contribution in [0, 0.1) is 5.92 Å². The molecule has 1 saturated carbocycles. The van der Waals surface area contributed by atoms with Crippen molar-refractivity contribution in [2.24, 2.45) is 5.92 Å². The molecule has 3 rings (SSSR count). The van der Waals surface area contributed by atoms with Crippen LogP contribution in [0.1, 0.15) is 38.4 Å². The van der Waals surface area contributed by atoms with Crippen LogP contribution in [0.4, 0.5) is 0 Å². The van der Waals surface area contributed by atoms with Crippen LogP contribution < -0.4 is 14.8 Å². The summed E-state index contributed by atoms with van der Waals surface area (Å²) >= 11 is 1.39. The molecule has 7 nitrogen and oxygen atoms in total. The summed E-state index contributed by atoms with van der Waals surface area (Å²) in [4.78, 5) is 12.4. The Balaban J connectivity index is 1.56. The van der Waals surface area contributed by atoms with Crippen molar-refractivity contribution in [3.05, 3.63) is 42.7 Å². The molecule has 0 unspecified atom stereocenters. The molecule has 1 amide bonds. The lowest BCUT2D eigenvalue weighted by molar-refractivity contribution is -0.119. The lowest BCUT2D eigenvalue weighted by Crippen LogP contribution is -2.41. The molecule has 0 saturated heterocycles. The van der Waals surface area contributed by atoms with Crippen LogP contribution in [-0.4, -0.2) is 39.6 Å². The van der Waals surface area contributed by atoms with E-state index in [0.29, 0.717) is 29.2 Å². The number of aromatic nitrogens is 3. The summed E-state index contributed by atoms with van der Waals surface area (Å²) in [5.41, 5.74) is 0. The number of nitrogens with zero attached hydrogens (tertiary/aromatic N) is 3. The maximum absolute atomic E-state index is 12.4. The third kappa shape index (κ3) is 6.01. The number of ether oxygens (including phenoxy) is 2. The number of amides is 1. The quantitative estimate of drug-likeness (QED) is 0.456. The van der Waals surface area contributed by atoms with E-state index in [1.165, 1.54) is 31.0 Å². The number of thioether (sulfide) groups is 1. The van der Waals surface area contributed by atoms with Crippen molar-refractivity contribution in [1.82, 2.24) is 20.1 Å². The lowest BCUT2D eigenvalue weighted by atomic mass is 9.86. The molecule has 1 N–H and O–H groups in total. The molecular formula is C22H30N4O3S. The topological polar surface area (TPSA) is 78.3 Å². The van der Waals surface area contributed by atoms with Gasteiger partial charge in [-0.1, -0.05) is 37.6 Å². The van der Waals surface area contributed by atoms with E-state index in [2.05, 4.69) is 29.0 Å². The van der Waals surface area contributed by atoms with E-state index >= 15 is 0 Å². The molecule has 0 spiro atoms. The van der Waals surface area contributed by atoms with Gasteiger partial charge in [0.2, 0.25) is 5.91 Å². The number of allylic oxidation sites excluding steroid dienone is 1. The van der Waals surface area contributed by atoms with Gasteiger partial charge in [0, 0.05) is 12.6 Å². The van der Waals surface area contributed by atoms with Crippen LogP contribution in [0.15, 0.2) is 42.1 Å². The highest BCUT2D eigenvalue weighted by Gasteiger charge is 2.23.